The number of hydrogen-bond acceptors (Lipinski definition) is 3. The minimum Gasteiger partial charge on any atom is -0.481 e. The average Bonchev–Trinajstić information content (AvgIpc) is 2.96. The van der Waals surface area contributed by atoms with E-state index in [1.807, 2.05) is 25.2 Å². The molecular formula is C16H22N2O3. The van der Waals surface area contributed by atoms with Crippen LogP contribution in [0, 0.1) is 5.92 Å². The lowest BCUT2D eigenvalue weighted by molar-refractivity contribution is -0.149. The van der Waals surface area contributed by atoms with Gasteiger partial charge in [0.1, 0.15) is 5.92 Å². The summed E-state index contributed by atoms with van der Waals surface area (Å²) in [5.74, 6) is -2.29. The monoisotopic (exact) mass is 290 g/mol. The number of carbonyl (C=O) groups excluding carboxylic acids is 1. The van der Waals surface area contributed by atoms with Crippen LogP contribution in [0.1, 0.15) is 18.9 Å². The lowest BCUT2D eigenvalue weighted by Gasteiger charge is -2.25. The minimum atomic E-state index is -1.05. The normalized spacial score (nSPS) is 19.8. The van der Waals surface area contributed by atoms with Crippen LogP contribution in [0.5, 0.6) is 0 Å². The number of aliphatic carboxylic acids is 1. The van der Waals surface area contributed by atoms with Crippen molar-refractivity contribution in [2.24, 2.45) is 5.92 Å². The van der Waals surface area contributed by atoms with E-state index < -0.39 is 11.9 Å². The van der Waals surface area contributed by atoms with E-state index in [1.54, 1.807) is 4.90 Å². The first-order chi connectivity index (χ1) is 9.99. The molecule has 1 aliphatic rings. The van der Waals surface area contributed by atoms with Crippen LogP contribution in [0.15, 0.2) is 30.3 Å². The summed E-state index contributed by atoms with van der Waals surface area (Å²) in [7, 11) is 2.05. The van der Waals surface area contributed by atoms with Gasteiger partial charge in [-0.3, -0.25) is 14.5 Å². The number of likely N-dealkylation sites (N-methyl/N-ethyl adjacent to an activating group) is 1. The second kappa shape index (κ2) is 6.72. The van der Waals surface area contributed by atoms with Gasteiger partial charge in [0.15, 0.2) is 0 Å². The van der Waals surface area contributed by atoms with Gasteiger partial charge in [0.05, 0.1) is 0 Å². The van der Waals surface area contributed by atoms with Crippen LogP contribution in [-0.4, -0.2) is 53.0 Å². The first-order valence-electron chi connectivity index (χ1n) is 7.24. The Morgan fingerprint density at radius 1 is 1.38 bits per heavy atom. The zero-order valence-electron chi connectivity index (χ0n) is 12.5. The number of nitrogens with zero attached hydrogens (tertiary/aromatic N) is 2. The zero-order valence-corrected chi connectivity index (χ0v) is 12.5. The highest BCUT2D eigenvalue weighted by molar-refractivity contribution is 5.96. The van der Waals surface area contributed by atoms with E-state index in [-0.39, 0.29) is 11.9 Å². The molecule has 0 saturated carbocycles. The third-order valence-electron chi connectivity index (χ3n) is 4.11. The number of amides is 1. The highest BCUT2D eigenvalue weighted by Gasteiger charge is 2.33. The second-order valence-corrected chi connectivity index (χ2v) is 5.69. The molecule has 0 bridgehead atoms. The first-order valence-corrected chi connectivity index (χ1v) is 7.24. The molecule has 1 N–H and O–H groups in total. The Kier molecular flexibility index (Phi) is 4.96. The van der Waals surface area contributed by atoms with E-state index in [9.17, 15) is 9.59 Å². The Morgan fingerprint density at radius 2 is 2.05 bits per heavy atom. The van der Waals surface area contributed by atoms with Gasteiger partial charge >= 0.3 is 5.97 Å². The van der Waals surface area contributed by atoms with Crippen molar-refractivity contribution < 1.29 is 14.7 Å². The smallest absolute Gasteiger partial charge is 0.315 e. The molecule has 1 heterocycles. The van der Waals surface area contributed by atoms with Crippen molar-refractivity contribution in [1.29, 1.82) is 0 Å². The third kappa shape index (κ3) is 3.82. The van der Waals surface area contributed by atoms with E-state index in [0.29, 0.717) is 13.1 Å². The number of carbonyl (C=O) groups is 2. The molecule has 2 atom stereocenters. The molecule has 2 unspecified atom stereocenters. The van der Waals surface area contributed by atoms with Crippen LogP contribution >= 0.6 is 0 Å². The summed E-state index contributed by atoms with van der Waals surface area (Å²) in [6, 6.07) is 10.5. The molecule has 0 spiro atoms. The third-order valence-corrected chi connectivity index (χ3v) is 4.11. The quantitative estimate of drug-likeness (QED) is 0.834. The Morgan fingerprint density at radius 3 is 2.67 bits per heavy atom. The molecule has 2 rings (SSSR count). The maximum absolute atomic E-state index is 12.0. The van der Waals surface area contributed by atoms with E-state index >= 15 is 0 Å². The maximum atomic E-state index is 12.0. The van der Waals surface area contributed by atoms with Crippen LogP contribution in [0.25, 0.3) is 0 Å². The number of hydrogen-bond donors (Lipinski definition) is 1. The van der Waals surface area contributed by atoms with Gasteiger partial charge in [0, 0.05) is 25.7 Å². The molecule has 0 aromatic heterocycles. The second-order valence-electron chi connectivity index (χ2n) is 5.69. The summed E-state index contributed by atoms with van der Waals surface area (Å²) in [5.41, 5.74) is 1.24. The zero-order chi connectivity index (χ0) is 15.4. The Labute approximate surface area is 125 Å². The van der Waals surface area contributed by atoms with Crippen molar-refractivity contribution in [2.75, 3.05) is 20.1 Å². The summed E-state index contributed by atoms with van der Waals surface area (Å²) in [4.78, 5) is 26.8. The predicted molar refractivity (Wildman–Crippen MR) is 79.7 cm³/mol. The fourth-order valence-electron chi connectivity index (χ4n) is 2.68. The van der Waals surface area contributed by atoms with Crippen LogP contribution in [0.3, 0.4) is 0 Å². The molecule has 0 aliphatic carbocycles. The lowest BCUT2D eigenvalue weighted by atomic mass is 10.1. The number of carboxylic acids is 1. The lowest BCUT2D eigenvalue weighted by Crippen LogP contribution is -2.39. The van der Waals surface area contributed by atoms with Gasteiger partial charge in [0.25, 0.3) is 0 Å². The van der Waals surface area contributed by atoms with Gasteiger partial charge in [-0.2, -0.15) is 0 Å². The van der Waals surface area contributed by atoms with Gasteiger partial charge in [0.2, 0.25) is 5.91 Å². The summed E-state index contributed by atoms with van der Waals surface area (Å²) in [6.45, 7) is 3.54. The molecule has 5 heteroatoms. The van der Waals surface area contributed by atoms with Gasteiger partial charge < -0.3 is 10.0 Å². The number of benzene rings is 1. The highest BCUT2D eigenvalue weighted by Crippen LogP contribution is 2.18. The van der Waals surface area contributed by atoms with Crippen molar-refractivity contribution in [2.45, 2.75) is 25.9 Å². The summed E-state index contributed by atoms with van der Waals surface area (Å²) >= 11 is 0. The number of carboxylic acid groups (broad SMARTS) is 1. The largest absolute Gasteiger partial charge is 0.481 e. The molecular weight excluding hydrogens is 268 g/mol. The van der Waals surface area contributed by atoms with E-state index in [0.717, 1.165) is 13.0 Å². The molecule has 1 saturated heterocycles. The Bertz CT molecular complexity index is 504. The molecule has 1 aliphatic heterocycles. The molecule has 1 amide bonds. The van der Waals surface area contributed by atoms with Gasteiger partial charge in [-0.15, -0.1) is 0 Å². The van der Waals surface area contributed by atoms with Crippen molar-refractivity contribution in [1.82, 2.24) is 9.80 Å². The van der Waals surface area contributed by atoms with Crippen molar-refractivity contribution in [3.8, 4) is 0 Å². The summed E-state index contributed by atoms with van der Waals surface area (Å²) in [5, 5.41) is 8.92. The fourth-order valence-corrected chi connectivity index (χ4v) is 2.68. The molecule has 0 radical (unpaired) electrons. The molecule has 114 valence electrons. The molecule has 1 aromatic carbocycles. The highest BCUT2D eigenvalue weighted by atomic mass is 16.4. The number of rotatable bonds is 5. The van der Waals surface area contributed by atoms with E-state index in [1.165, 1.54) is 12.5 Å². The fraction of sp³-hybridized carbons (Fsp3) is 0.500. The van der Waals surface area contributed by atoms with Gasteiger partial charge in [-0.1, -0.05) is 30.3 Å². The SMILES string of the molecule is CC(C(=O)O)C(=O)N1CCC(N(C)Cc2ccccc2)C1. The van der Waals surface area contributed by atoms with E-state index in [4.69, 9.17) is 5.11 Å². The minimum absolute atomic E-state index is 0.280. The standard InChI is InChI=1S/C16H22N2O3/c1-12(16(20)21)15(19)18-9-8-14(11-18)17(2)10-13-6-4-3-5-7-13/h3-7,12,14H,8-11H2,1-2H3,(H,20,21). The van der Waals surface area contributed by atoms with Crippen molar-refractivity contribution >= 4 is 11.9 Å². The van der Waals surface area contributed by atoms with Gasteiger partial charge in [-0.05, 0) is 26.0 Å². The maximum Gasteiger partial charge on any atom is 0.315 e. The van der Waals surface area contributed by atoms with Crippen LogP contribution in [0.4, 0.5) is 0 Å². The van der Waals surface area contributed by atoms with Crippen LogP contribution < -0.4 is 0 Å². The van der Waals surface area contributed by atoms with Gasteiger partial charge in [-0.25, -0.2) is 0 Å². The van der Waals surface area contributed by atoms with Crippen LogP contribution in [-0.2, 0) is 16.1 Å². The molecule has 1 aromatic rings. The predicted octanol–water partition coefficient (Wildman–Crippen LogP) is 1.44. The Hall–Kier alpha value is -1.88. The van der Waals surface area contributed by atoms with Crippen molar-refractivity contribution in [3.05, 3.63) is 35.9 Å². The molecule has 5 nitrogen and oxygen atoms in total. The van der Waals surface area contributed by atoms with Crippen LogP contribution in [0.2, 0.25) is 0 Å². The van der Waals surface area contributed by atoms with Crippen molar-refractivity contribution in [3.63, 3.8) is 0 Å². The summed E-state index contributed by atoms with van der Waals surface area (Å²) < 4.78 is 0. The van der Waals surface area contributed by atoms with E-state index in [2.05, 4.69) is 17.0 Å². The number of likely N-dealkylation sites (tertiary alicyclic amines) is 1. The topological polar surface area (TPSA) is 60.9 Å². The molecule has 1 fully saturated rings. The first kappa shape index (κ1) is 15.5. The molecule has 21 heavy (non-hydrogen) atoms. The Balaban J connectivity index is 1.90. The average molecular weight is 290 g/mol. The summed E-state index contributed by atoms with van der Waals surface area (Å²) in [6.07, 6.45) is 0.890.